The summed E-state index contributed by atoms with van der Waals surface area (Å²) in [6, 6.07) is 4.68. The summed E-state index contributed by atoms with van der Waals surface area (Å²) in [6.07, 6.45) is 0. The normalized spacial score (nSPS) is 9.73. The second-order valence-electron chi connectivity index (χ2n) is 2.98. The van der Waals surface area contributed by atoms with E-state index in [1.165, 1.54) is 6.07 Å². The van der Waals surface area contributed by atoms with Crippen LogP contribution in [0.1, 0.15) is 24.2 Å². The Hall–Kier alpha value is -1.71. The molecule has 0 unspecified atom stereocenters. The van der Waals surface area contributed by atoms with Crippen LogP contribution in [-0.4, -0.2) is 24.2 Å². The number of hydrogen-bond donors (Lipinski definition) is 2. The molecular weight excluding hydrogens is 194 g/mol. The van der Waals surface area contributed by atoms with Gasteiger partial charge in [-0.05, 0) is 32.0 Å². The SMILES string of the molecule is CCNc1ccc(C(=O)OCC)cc1O. The maximum Gasteiger partial charge on any atom is 0.338 e. The van der Waals surface area contributed by atoms with Crippen LogP contribution in [0.25, 0.3) is 0 Å². The molecule has 2 N–H and O–H groups in total. The van der Waals surface area contributed by atoms with Gasteiger partial charge in [0.2, 0.25) is 0 Å². The van der Waals surface area contributed by atoms with Crippen molar-refractivity contribution in [2.75, 3.05) is 18.5 Å². The first-order chi connectivity index (χ1) is 7.19. The topological polar surface area (TPSA) is 58.6 Å². The first-order valence-corrected chi connectivity index (χ1v) is 4.93. The summed E-state index contributed by atoms with van der Waals surface area (Å²) in [6.45, 7) is 4.71. The van der Waals surface area contributed by atoms with Gasteiger partial charge in [0, 0.05) is 6.54 Å². The smallest absolute Gasteiger partial charge is 0.338 e. The Morgan fingerprint density at radius 2 is 2.20 bits per heavy atom. The summed E-state index contributed by atoms with van der Waals surface area (Å²) >= 11 is 0. The van der Waals surface area contributed by atoms with Crippen molar-refractivity contribution < 1.29 is 14.6 Å². The highest BCUT2D eigenvalue weighted by Gasteiger charge is 2.09. The number of rotatable bonds is 4. The molecule has 4 nitrogen and oxygen atoms in total. The third-order valence-electron chi connectivity index (χ3n) is 1.88. The van der Waals surface area contributed by atoms with Gasteiger partial charge in [0.05, 0.1) is 17.9 Å². The van der Waals surface area contributed by atoms with Crippen LogP contribution < -0.4 is 5.32 Å². The maximum atomic E-state index is 11.3. The van der Waals surface area contributed by atoms with Crippen LogP contribution in [0.3, 0.4) is 0 Å². The van der Waals surface area contributed by atoms with E-state index in [0.29, 0.717) is 24.4 Å². The predicted molar refractivity (Wildman–Crippen MR) is 58.2 cm³/mol. The lowest BCUT2D eigenvalue weighted by Crippen LogP contribution is -2.05. The zero-order valence-electron chi connectivity index (χ0n) is 8.91. The highest BCUT2D eigenvalue weighted by atomic mass is 16.5. The summed E-state index contributed by atoms with van der Waals surface area (Å²) in [7, 11) is 0. The molecule has 0 fully saturated rings. The lowest BCUT2D eigenvalue weighted by atomic mass is 10.2. The molecule has 0 radical (unpaired) electrons. The highest BCUT2D eigenvalue weighted by Crippen LogP contribution is 2.24. The molecule has 1 aromatic rings. The molecule has 0 aliphatic heterocycles. The van der Waals surface area contributed by atoms with Crippen molar-refractivity contribution in [3.63, 3.8) is 0 Å². The number of benzene rings is 1. The van der Waals surface area contributed by atoms with Crippen molar-refractivity contribution in [3.8, 4) is 5.75 Å². The number of nitrogens with one attached hydrogen (secondary N) is 1. The molecule has 82 valence electrons. The Morgan fingerprint density at radius 3 is 2.73 bits per heavy atom. The van der Waals surface area contributed by atoms with Crippen LogP contribution in [-0.2, 0) is 4.74 Å². The average molecular weight is 209 g/mol. The molecule has 0 saturated carbocycles. The number of hydrogen-bond acceptors (Lipinski definition) is 4. The van der Waals surface area contributed by atoms with Gasteiger partial charge in [-0.3, -0.25) is 0 Å². The molecule has 0 aliphatic carbocycles. The quantitative estimate of drug-likeness (QED) is 0.588. The third kappa shape index (κ3) is 2.87. The number of ether oxygens (including phenoxy) is 1. The van der Waals surface area contributed by atoms with E-state index in [4.69, 9.17) is 4.74 Å². The van der Waals surface area contributed by atoms with Crippen molar-refractivity contribution in [1.82, 2.24) is 0 Å². The summed E-state index contributed by atoms with van der Waals surface area (Å²) in [5.74, 6) is -0.363. The second-order valence-corrected chi connectivity index (χ2v) is 2.98. The summed E-state index contributed by atoms with van der Waals surface area (Å²) in [4.78, 5) is 11.3. The van der Waals surface area contributed by atoms with E-state index in [-0.39, 0.29) is 5.75 Å². The Bertz CT molecular complexity index is 350. The lowest BCUT2D eigenvalue weighted by Gasteiger charge is -2.07. The molecule has 0 amide bonds. The second kappa shape index (κ2) is 5.24. The first kappa shape index (κ1) is 11.4. The van der Waals surface area contributed by atoms with E-state index in [9.17, 15) is 9.90 Å². The number of carbonyl (C=O) groups excluding carboxylic acids is 1. The van der Waals surface area contributed by atoms with Crippen LogP contribution in [0.2, 0.25) is 0 Å². The number of anilines is 1. The van der Waals surface area contributed by atoms with Crippen LogP contribution in [0, 0.1) is 0 Å². The Kier molecular flexibility index (Phi) is 3.97. The molecule has 15 heavy (non-hydrogen) atoms. The molecule has 0 atom stereocenters. The predicted octanol–water partition coefficient (Wildman–Crippen LogP) is 2.00. The molecule has 4 heteroatoms. The van der Waals surface area contributed by atoms with E-state index in [0.717, 1.165) is 0 Å². The Labute approximate surface area is 88.9 Å². The van der Waals surface area contributed by atoms with Gasteiger partial charge in [-0.25, -0.2) is 4.79 Å². The molecule has 1 rings (SSSR count). The van der Waals surface area contributed by atoms with Crippen LogP contribution >= 0.6 is 0 Å². The molecule has 0 saturated heterocycles. The van der Waals surface area contributed by atoms with Crippen molar-refractivity contribution in [2.45, 2.75) is 13.8 Å². The van der Waals surface area contributed by atoms with Gasteiger partial charge in [-0.1, -0.05) is 0 Å². The maximum absolute atomic E-state index is 11.3. The minimum Gasteiger partial charge on any atom is -0.506 e. The van der Waals surface area contributed by atoms with Gasteiger partial charge in [0.1, 0.15) is 5.75 Å². The number of esters is 1. The van der Waals surface area contributed by atoms with Crippen LogP contribution in [0.15, 0.2) is 18.2 Å². The van der Waals surface area contributed by atoms with Gasteiger partial charge < -0.3 is 15.2 Å². The molecule has 0 spiro atoms. The van der Waals surface area contributed by atoms with Crippen molar-refractivity contribution in [3.05, 3.63) is 23.8 Å². The fourth-order valence-electron chi connectivity index (χ4n) is 1.21. The van der Waals surface area contributed by atoms with Crippen molar-refractivity contribution >= 4 is 11.7 Å². The molecule has 0 aromatic heterocycles. The number of phenols is 1. The lowest BCUT2D eigenvalue weighted by molar-refractivity contribution is 0.0526. The minimum absolute atomic E-state index is 0.0578. The number of aromatic hydroxyl groups is 1. The summed E-state index contributed by atoms with van der Waals surface area (Å²) < 4.78 is 4.81. The van der Waals surface area contributed by atoms with Gasteiger partial charge in [0.15, 0.2) is 0 Å². The van der Waals surface area contributed by atoms with E-state index < -0.39 is 5.97 Å². The highest BCUT2D eigenvalue weighted by molar-refractivity contribution is 5.90. The summed E-state index contributed by atoms with van der Waals surface area (Å²) in [5.41, 5.74) is 0.974. The average Bonchev–Trinajstić information content (AvgIpc) is 2.21. The largest absolute Gasteiger partial charge is 0.506 e. The Balaban J connectivity index is 2.86. The van der Waals surface area contributed by atoms with E-state index >= 15 is 0 Å². The zero-order valence-corrected chi connectivity index (χ0v) is 8.91. The fraction of sp³-hybridized carbons (Fsp3) is 0.364. The van der Waals surface area contributed by atoms with E-state index in [1.54, 1.807) is 19.1 Å². The number of carbonyl (C=O) groups is 1. The molecule has 1 aromatic carbocycles. The zero-order chi connectivity index (χ0) is 11.3. The van der Waals surface area contributed by atoms with Crippen molar-refractivity contribution in [2.24, 2.45) is 0 Å². The Morgan fingerprint density at radius 1 is 1.47 bits per heavy atom. The van der Waals surface area contributed by atoms with Gasteiger partial charge in [-0.2, -0.15) is 0 Å². The molecular formula is C11H15NO3. The van der Waals surface area contributed by atoms with E-state index in [1.807, 2.05) is 6.92 Å². The minimum atomic E-state index is -0.421. The number of phenolic OH excluding ortho intramolecular Hbond substituents is 1. The first-order valence-electron chi connectivity index (χ1n) is 4.93. The van der Waals surface area contributed by atoms with Crippen LogP contribution in [0.4, 0.5) is 5.69 Å². The van der Waals surface area contributed by atoms with Crippen LogP contribution in [0.5, 0.6) is 5.75 Å². The standard InChI is InChI=1S/C11H15NO3/c1-3-12-9-6-5-8(7-10(9)13)11(14)15-4-2/h5-7,12-13H,3-4H2,1-2H3. The molecule has 0 aliphatic rings. The monoisotopic (exact) mass is 209 g/mol. The van der Waals surface area contributed by atoms with Gasteiger partial charge in [0.25, 0.3) is 0 Å². The molecule has 0 heterocycles. The molecule has 0 bridgehead atoms. The van der Waals surface area contributed by atoms with Gasteiger partial charge >= 0.3 is 5.97 Å². The third-order valence-corrected chi connectivity index (χ3v) is 1.88. The summed E-state index contributed by atoms with van der Waals surface area (Å²) in [5, 5.41) is 12.5. The fourth-order valence-corrected chi connectivity index (χ4v) is 1.21. The van der Waals surface area contributed by atoms with E-state index in [2.05, 4.69) is 5.32 Å². The van der Waals surface area contributed by atoms with Gasteiger partial charge in [-0.15, -0.1) is 0 Å². The van der Waals surface area contributed by atoms with Crippen molar-refractivity contribution in [1.29, 1.82) is 0 Å².